The van der Waals surface area contributed by atoms with Gasteiger partial charge >= 0.3 is 11.9 Å². The van der Waals surface area contributed by atoms with Gasteiger partial charge in [0.15, 0.2) is 0 Å². The molecule has 6 fully saturated rings. The van der Waals surface area contributed by atoms with Crippen molar-refractivity contribution >= 4 is 32.0 Å². The molecule has 0 heterocycles. The molecular formula is C48H80N2O8S2. The van der Waals surface area contributed by atoms with Crippen molar-refractivity contribution in [1.82, 2.24) is 9.44 Å². The number of sulfonamides is 2. The molecule has 0 aromatic rings. The summed E-state index contributed by atoms with van der Waals surface area (Å²) in [5.41, 5.74) is -0.762. The van der Waals surface area contributed by atoms with Crippen LogP contribution in [0.2, 0.25) is 0 Å². The highest BCUT2D eigenvalue weighted by atomic mass is 32.2. The van der Waals surface area contributed by atoms with Crippen LogP contribution in [0.15, 0.2) is 24.3 Å². The second-order valence-electron chi connectivity index (χ2n) is 22.4. The van der Waals surface area contributed by atoms with Crippen LogP contribution < -0.4 is 9.44 Å². The lowest BCUT2D eigenvalue weighted by Crippen LogP contribution is -2.43. The highest BCUT2D eigenvalue weighted by Crippen LogP contribution is 2.66. The van der Waals surface area contributed by atoms with Crippen LogP contribution in [-0.4, -0.2) is 64.6 Å². The Morgan fingerprint density at radius 2 is 1.08 bits per heavy atom. The van der Waals surface area contributed by atoms with E-state index in [0.717, 1.165) is 43.4 Å². The van der Waals surface area contributed by atoms with Gasteiger partial charge in [0.1, 0.15) is 11.2 Å². The second kappa shape index (κ2) is 18.8. The fraction of sp³-hybridized carbons (Fsp3) is 0.875. The van der Waals surface area contributed by atoms with Gasteiger partial charge in [-0.15, -0.1) is 0 Å². The molecule has 0 amide bonds. The van der Waals surface area contributed by atoms with Crippen molar-refractivity contribution in [1.29, 1.82) is 0 Å². The van der Waals surface area contributed by atoms with Gasteiger partial charge in [0.05, 0.1) is 23.3 Å². The van der Waals surface area contributed by atoms with E-state index in [2.05, 4.69) is 47.6 Å². The molecular weight excluding hydrogens is 797 g/mol. The van der Waals surface area contributed by atoms with E-state index in [1.807, 2.05) is 55.4 Å². The molecule has 10 nitrogen and oxygen atoms in total. The Balaban J connectivity index is 0.000000172. The quantitative estimate of drug-likeness (QED) is 0.138. The van der Waals surface area contributed by atoms with Crippen LogP contribution in [0, 0.1) is 94.7 Å². The van der Waals surface area contributed by atoms with Gasteiger partial charge in [-0.25, -0.2) is 26.3 Å². The first-order valence-corrected chi connectivity index (χ1v) is 27.1. The Kier molecular flexibility index (Phi) is 14.9. The average Bonchev–Trinajstić information content (AvgIpc) is 4.01. The van der Waals surface area contributed by atoms with Crippen LogP contribution in [0.1, 0.15) is 133 Å². The van der Waals surface area contributed by atoms with Gasteiger partial charge in [-0.2, -0.15) is 0 Å². The average molecular weight is 877 g/mol. The Bertz CT molecular complexity index is 1800. The van der Waals surface area contributed by atoms with Crippen LogP contribution in [-0.2, 0) is 39.1 Å². The molecule has 0 saturated heterocycles. The van der Waals surface area contributed by atoms with Crippen molar-refractivity contribution in [3.63, 3.8) is 0 Å². The molecule has 0 aromatic carbocycles. The number of esters is 2. The maximum atomic E-state index is 12.8. The number of fused-ring (bicyclic) bond motifs is 8. The van der Waals surface area contributed by atoms with Gasteiger partial charge in [-0.3, -0.25) is 9.59 Å². The zero-order chi connectivity index (χ0) is 43.9. The molecule has 0 radical (unpaired) electrons. The molecule has 8 bridgehead atoms. The summed E-state index contributed by atoms with van der Waals surface area (Å²) in [5, 5.41) is 0. The molecule has 0 aromatic heterocycles. The second-order valence-corrected chi connectivity index (χ2v) is 26.2. The zero-order valence-corrected chi connectivity index (χ0v) is 40.2. The van der Waals surface area contributed by atoms with Crippen LogP contribution in [0.3, 0.4) is 0 Å². The highest BCUT2D eigenvalue weighted by molar-refractivity contribution is 7.89. The van der Waals surface area contributed by atoms with Crippen LogP contribution in [0.5, 0.6) is 0 Å². The molecule has 0 spiro atoms. The molecule has 8 rings (SSSR count). The zero-order valence-electron chi connectivity index (χ0n) is 38.5. The number of carbonyl (C=O) groups is 2. The lowest BCUT2D eigenvalue weighted by Gasteiger charge is -2.44. The number of nitrogens with one attached hydrogen (secondary N) is 2. The minimum absolute atomic E-state index is 0.00523. The summed E-state index contributed by atoms with van der Waals surface area (Å²) >= 11 is 0. The Hall–Kier alpha value is -1.76. The SMILES string of the molecule is CC(C)(C)OC(=O)C1CC2C=CC1C2.CCCS(=O)(=O)NCC1CC2C=CC1C2.CCCS(=O)(=O)NCC1CC2CC1C(C1C3CC(C(=O)OC(C)(C)C)C(C3)C1C)C2C. The van der Waals surface area contributed by atoms with E-state index in [1.54, 1.807) is 0 Å². The molecule has 0 aliphatic heterocycles. The van der Waals surface area contributed by atoms with Crippen molar-refractivity contribution < 1.29 is 35.9 Å². The first kappa shape index (κ1) is 47.7. The topological polar surface area (TPSA) is 145 Å². The Morgan fingerprint density at radius 3 is 1.53 bits per heavy atom. The van der Waals surface area contributed by atoms with Crippen molar-refractivity contribution in [3.05, 3.63) is 24.3 Å². The first-order chi connectivity index (χ1) is 28.0. The van der Waals surface area contributed by atoms with Crippen LogP contribution in [0.4, 0.5) is 0 Å². The normalized spacial score (nSPS) is 39.4. The molecule has 2 N–H and O–H groups in total. The predicted octanol–water partition coefficient (Wildman–Crippen LogP) is 8.54. The maximum absolute atomic E-state index is 12.8. The lowest BCUT2D eigenvalue weighted by atomic mass is 9.61. The summed E-state index contributed by atoms with van der Waals surface area (Å²) in [6.07, 6.45) is 19.5. The molecule has 8 aliphatic carbocycles. The van der Waals surface area contributed by atoms with Crippen molar-refractivity contribution in [2.75, 3.05) is 24.6 Å². The van der Waals surface area contributed by atoms with Gasteiger partial charge in [0.25, 0.3) is 0 Å². The molecule has 6 saturated carbocycles. The molecule has 16 atom stereocenters. The standard InChI is InChI=1S/C25H43NO4S.C12H18O2.C11H19NO2S/c1-7-8-31(28,29)26-13-18-9-16-10-20(18)23(14(16)2)22-15(3)19-11-17(22)12-21(19)24(27)30-25(4,5)6;1-12(2,3)14-11(13)10-7-8-4-5-9(10)6-8;1-2-5-15(13,14)12-8-11-7-9-3-4-10(11)6-9/h14-23,26H,7-13H2,1-6H3;4-5,8-10H,6-7H2,1-3H3;3-4,9-12H,2,5-8H2,1H3. The van der Waals surface area contributed by atoms with Crippen molar-refractivity contribution in [2.24, 2.45) is 94.7 Å². The minimum Gasteiger partial charge on any atom is -0.460 e. The van der Waals surface area contributed by atoms with E-state index in [9.17, 15) is 26.4 Å². The third kappa shape index (κ3) is 11.5. The van der Waals surface area contributed by atoms with Gasteiger partial charge in [0.2, 0.25) is 20.0 Å². The minimum atomic E-state index is -3.14. The third-order valence-corrected chi connectivity index (χ3v) is 18.8. The summed E-state index contributed by atoms with van der Waals surface area (Å²) in [7, 11) is -6.15. The summed E-state index contributed by atoms with van der Waals surface area (Å²) in [6, 6.07) is 0. The predicted molar refractivity (Wildman–Crippen MR) is 238 cm³/mol. The van der Waals surface area contributed by atoms with E-state index < -0.39 is 25.6 Å². The van der Waals surface area contributed by atoms with Gasteiger partial charge in [0, 0.05) is 13.1 Å². The van der Waals surface area contributed by atoms with Gasteiger partial charge < -0.3 is 9.47 Å². The van der Waals surface area contributed by atoms with E-state index in [4.69, 9.17) is 9.47 Å². The fourth-order valence-corrected chi connectivity index (χ4v) is 15.7. The number of carbonyl (C=O) groups excluding carboxylic acids is 2. The maximum Gasteiger partial charge on any atom is 0.310 e. The van der Waals surface area contributed by atoms with E-state index in [0.29, 0.717) is 91.0 Å². The molecule has 16 unspecified atom stereocenters. The number of hydrogen-bond acceptors (Lipinski definition) is 8. The largest absolute Gasteiger partial charge is 0.460 e. The first-order valence-electron chi connectivity index (χ1n) is 23.7. The van der Waals surface area contributed by atoms with Crippen molar-refractivity contribution in [2.45, 2.75) is 145 Å². The monoisotopic (exact) mass is 877 g/mol. The van der Waals surface area contributed by atoms with Gasteiger partial charge in [-0.1, -0.05) is 52.0 Å². The summed E-state index contributed by atoms with van der Waals surface area (Å²) in [5.74, 6) is 9.23. The number of ether oxygens (including phenoxy) is 2. The third-order valence-electron chi connectivity index (χ3n) is 15.7. The van der Waals surface area contributed by atoms with Crippen LogP contribution in [0.25, 0.3) is 0 Å². The summed E-state index contributed by atoms with van der Waals surface area (Å²) in [4.78, 5) is 24.6. The Morgan fingerprint density at radius 1 is 0.567 bits per heavy atom. The molecule has 8 aliphatic rings. The smallest absolute Gasteiger partial charge is 0.310 e. The van der Waals surface area contributed by atoms with Crippen LogP contribution >= 0.6 is 0 Å². The number of hydrogen-bond donors (Lipinski definition) is 2. The van der Waals surface area contributed by atoms with E-state index in [-0.39, 0.29) is 40.9 Å². The fourth-order valence-electron chi connectivity index (χ4n) is 13.4. The summed E-state index contributed by atoms with van der Waals surface area (Å²) < 4.78 is 64.1. The van der Waals surface area contributed by atoms with E-state index in [1.165, 1.54) is 25.7 Å². The summed E-state index contributed by atoms with van der Waals surface area (Å²) in [6.45, 7) is 21.5. The lowest BCUT2D eigenvalue weighted by molar-refractivity contribution is -0.164. The number of allylic oxidation sites excluding steroid dienone is 4. The van der Waals surface area contributed by atoms with Crippen molar-refractivity contribution in [3.8, 4) is 0 Å². The Labute approximate surface area is 364 Å². The van der Waals surface area contributed by atoms with E-state index >= 15 is 0 Å². The molecule has 342 valence electrons. The van der Waals surface area contributed by atoms with Gasteiger partial charge in [-0.05, 0) is 189 Å². The molecule has 60 heavy (non-hydrogen) atoms. The molecule has 12 heteroatoms. The number of rotatable bonds is 13. The highest BCUT2D eigenvalue weighted by Gasteiger charge is 2.61.